The standard InChI is InChI=1S/C17H25F2N/c1-12(2)10-20-11-16(13(3)4)9-14-5-7-15(8-6-14)17(18)19/h5-9,12-13,17,20H,10-11H2,1-4H3/b16-9-. The number of rotatable bonds is 7. The minimum absolute atomic E-state index is 0.0752. The van der Waals surface area contributed by atoms with Crippen molar-refractivity contribution in [3.63, 3.8) is 0 Å². The highest BCUT2D eigenvalue weighted by molar-refractivity contribution is 5.54. The monoisotopic (exact) mass is 281 g/mol. The fraction of sp³-hybridized carbons (Fsp3) is 0.529. The van der Waals surface area contributed by atoms with E-state index in [2.05, 4.69) is 39.1 Å². The number of hydrogen-bond acceptors (Lipinski definition) is 1. The summed E-state index contributed by atoms with van der Waals surface area (Å²) in [7, 11) is 0. The first-order valence-corrected chi connectivity index (χ1v) is 7.19. The van der Waals surface area contributed by atoms with Gasteiger partial charge in [0.1, 0.15) is 0 Å². The molecule has 0 heterocycles. The van der Waals surface area contributed by atoms with Gasteiger partial charge in [-0.15, -0.1) is 0 Å². The Morgan fingerprint density at radius 2 is 1.70 bits per heavy atom. The second-order valence-electron chi connectivity index (χ2n) is 5.87. The summed E-state index contributed by atoms with van der Waals surface area (Å²) in [6, 6.07) is 6.50. The van der Waals surface area contributed by atoms with Gasteiger partial charge < -0.3 is 5.32 Å². The highest BCUT2D eigenvalue weighted by Gasteiger charge is 2.07. The molecule has 0 spiro atoms. The zero-order chi connectivity index (χ0) is 15.1. The minimum atomic E-state index is -2.40. The van der Waals surface area contributed by atoms with Gasteiger partial charge in [-0.1, -0.05) is 63.6 Å². The number of alkyl halides is 2. The average Bonchev–Trinajstić information content (AvgIpc) is 2.37. The Hall–Kier alpha value is -1.22. The molecule has 0 radical (unpaired) electrons. The third kappa shape index (κ3) is 5.83. The molecular formula is C17H25F2N. The molecule has 0 aromatic heterocycles. The zero-order valence-electron chi connectivity index (χ0n) is 12.8. The molecule has 0 unspecified atom stereocenters. The van der Waals surface area contributed by atoms with Crippen molar-refractivity contribution in [1.29, 1.82) is 0 Å². The first-order valence-electron chi connectivity index (χ1n) is 7.19. The maximum atomic E-state index is 12.5. The molecule has 3 heteroatoms. The highest BCUT2D eigenvalue weighted by atomic mass is 19.3. The van der Waals surface area contributed by atoms with Gasteiger partial charge in [-0.05, 0) is 23.9 Å². The van der Waals surface area contributed by atoms with Gasteiger partial charge in [-0.2, -0.15) is 0 Å². The molecule has 0 saturated carbocycles. The van der Waals surface area contributed by atoms with Crippen molar-refractivity contribution in [3.8, 4) is 0 Å². The molecule has 1 aromatic carbocycles. The van der Waals surface area contributed by atoms with Crippen LogP contribution in [0.5, 0.6) is 0 Å². The molecule has 1 aromatic rings. The van der Waals surface area contributed by atoms with Crippen LogP contribution in [0.15, 0.2) is 29.8 Å². The lowest BCUT2D eigenvalue weighted by molar-refractivity contribution is 0.151. The lowest BCUT2D eigenvalue weighted by Crippen LogP contribution is -2.23. The molecule has 1 N–H and O–H groups in total. The van der Waals surface area contributed by atoms with Gasteiger partial charge in [0.25, 0.3) is 6.43 Å². The van der Waals surface area contributed by atoms with Crippen LogP contribution in [0.1, 0.15) is 45.2 Å². The van der Waals surface area contributed by atoms with Crippen molar-refractivity contribution < 1.29 is 8.78 Å². The van der Waals surface area contributed by atoms with Gasteiger partial charge >= 0.3 is 0 Å². The predicted octanol–water partition coefficient (Wildman–Crippen LogP) is 4.91. The Morgan fingerprint density at radius 3 is 2.15 bits per heavy atom. The summed E-state index contributed by atoms with van der Waals surface area (Å²) < 4.78 is 25.0. The van der Waals surface area contributed by atoms with E-state index in [4.69, 9.17) is 0 Å². The number of benzene rings is 1. The summed E-state index contributed by atoms with van der Waals surface area (Å²) >= 11 is 0. The smallest absolute Gasteiger partial charge is 0.263 e. The second-order valence-corrected chi connectivity index (χ2v) is 5.87. The van der Waals surface area contributed by atoms with Crippen molar-refractivity contribution >= 4 is 6.08 Å². The molecule has 0 atom stereocenters. The molecule has 112 valence electrons. The van der Waals surface area contributed by atoms with E-state index in [0.717, 1.165) is 18.7 Å². The Morgan fingerprint density at radius 1 is 1.10 bits per heavy atom. The maximum absolute atomic E-state index is 12.5. The SMILES string of the molecule is CC(C)CNC/C(=C/c1ccc(C(F)F)cc1)C(C)C. The van der Waals surface area contributed by atoms with Gasteiger partial charge in [0.05, 0.1) is 0 Å². The van der Waals surface area contributed by atoms with Crippen LogP contribution >= 0.6 is 0 Å². The van der Waals surface area contributed by atoms with Crippen molar-refractivity contribution in [3.05, 3.63) is 41.0 Å². The van der Waals surface area contributed by atoms with Crippen LogP contribution in [0.3, 0.4) is 0 Å². The third-order valence-corrected chi connectivity index (χ3v) is 3.16. The molecule has 0 saturated heterocycles. The Bertz CT molecular complexity index is 419. The maximum Gasteiger partial charge on any atom is 0.263 e. The largest absolute Gasteiger partial charge is 0.313 e. The van der Waals surface area contributed by atoms with Crippen molar-refractivity contribution in [2.45, 2.75) is 34.1 Å². The van der Waals surface area contributed by atoms with Crippen molar-refractivity contribution in [2.75, 3.05) is 13.1 Å². The first kappa shape index (κ1) is 16.8. The lowest BCUT2D eigenvalue weighted by atomic mass is 9.99. The Kier molecular flexibility index (Phi) is 6.86. The highest BCUT2D eigenvalue weighted by Crippen LogP contribution is 2.20. The number of halogens is 2. The van der Waals surface area contributed by atoms with E-state index in [1.165, 1.54) is 17.7 Å². The van der Waals surface area contributed by atoms with E-state index < -0.39 is 6.43 Å². The Balaban J connectivity index is 2.74. The molecule has 0 aliphatic heterocycles. The quantitative estimate of drug-likeness (QED) is 0.749. The lowest BCUT2D eigenvalue weighted by Gasteiger charge is -2.14. The molecule has 0 bridgehead atoms. The molecule has 0 amide bonds. The van der Waals surface area contributed by atoms with Gasteiger partial charge in [0.15, 0.2) is 0 Å². The number of hydrogen-bond donors (Lipinski definition) is 1. The van der Waals surface area contributed by atoms with Crippen LogP contribution in [-0.4, -0.2) is 13.1 Å². The molecule has 20 heavy (non-hydrogen) atoms. The molecule has 0 aliphatic rings. The summed E-state index contributed by atoms with van der Waals surface area (Å²) in [6.45, 7) is 10.5. The summed E-state index contributed by atoms with van der Waals surface area (Å²) in [5.41, 5.74) is 2.34. The normalized spacial score (nSPS) is 12.8. The van der Waals surface area contributed by atoms with Gasteiger partial charge in [-0.25, -0.2) is 8.78 Å². The van der Waals surface area contributed by atoms with E-state index >= 15 is 0 Å². The van der Waals surface area contributed by atoms with Crippen LogP contribution in [0.4, 0.5) is 8.78 Å². The fourth-order valence-electron chi connectivity index (χ4n) is 1.88. The van der Waals surface area contributed by atoms with Crippen LogP contribution in [0.25, 0.3) is 6.08 Å². The van der Waals surface area contributed by atoms with Crippen LogP contribution in [0.2, 0.25) is 0 Å². The number of nitrogens with one attached hydrogen (secondary N) is 1. The van der Waals surface area contributed by atoms with E-state index in [1.54, 1.807) is 12.1 Å². The summed E-state index contributed by atoms with van der Waals surface area (Å²) in [4.78, 5) is 0. The van der Waals surface area contributed by atoms with Gasteiger partial charge in [0.2, 0.25) is 0 Å². The van der Waals surface area contributed by atoms with Crippen molar-refractivity contribution in [2.24, 2.45) is 11.8 Å². The van der Waals surface area contributed by atoms with Crippen molar-refractivity contribution in [1.82, 2.24) is 5.32 Å². The molecule has 1 nitrogen and oxygen atoms in total. The van der Waals surface area contributed by atoms with Crippen LogP contribution in [0, 0.1) is 11.8 Å². The van der Waals surface area contributed by atoms with E-state index in [1.807, 2.05) is 0 Å². The molecule has 0 aliphatic carbocycles. The Labute approximate surface area is 121 Å². The van der Waals surface area contributed by atoms with E-state index in [9.17, 15) is 8.78 Å². The van der Waals surface area contributed by atoms with E-state index in [-0.39, 0.29) is 5.56 Å². The molecule has 0 fully saturated rings. The average molecular weight is 281 g/mol. The van der Waals surface area contributed by atoms with Gasteiger partial charge in [0, 0.05) is 12.1 Å². The van der Waals surface area contributed by atoms with Gasteiger partial charge in [-0.3, -0.25) is 0 Å². The minimum Gasteiger partial charge on any atom is -0.313 e. The van der Waals surface area contributed by atoms with Crippen LogP contribution < -0.4 is 5.32 Å². The zero-order valence-corrected chi connectivity index (χ0v) is 12.8. The molecular weight excluding hydrogens is 256 g/mol. The predicted molar refractivity (Wildman–Crippen MR) is 81.9 cm³/mol. The third-order valence-electron chi connectivity index (χ3n) is 3.16. The van der Waals surface area contributed by atoms with E-state index in [0.29, 0.717) is 11.8 Å². The summed E-state index contributed by atoms with van der Waals surface area (Å²) in [5, 5.41) is 3.43. The first-order chi connectivity index (χ1) is 9.40. The fourth-order valence-corrected chi connectivity index (χ4v) is 1.88. The summed E-state index contributed by atoms with van der Waals surface area (Å²) in [6.07, 6.45) is -0.307. The summed E-state index contributed by atoms with van der Waals surface area (Å²) in [5.74, 6) is 1.05. The molecule has 1 rings (SSSR count). The second kappa shape index (κ2) is 8.15. The van der Waals surface area contributed by atoms with Crippen LogP contribution in [-0.2, 0) is 0 Å². The topological polar surface area (TPSA) is 12.0 Å².